The van der Waals surface area contributed by atoms with Crippen molar-refractivity contribution < 1.29 is 45.0 Å². The van der Waals surface area contributed by atoms with Crippen molar-refractivity contribution in [3.63, 3.8) is 0 Å². The maximum Gasteiger partial charge on any atom is 0.573 e. The van der Waals surface area contributed by atoms with Gasteiger partial charge in [-0.15, -0.1) is 13.2 Å². The molecule has 232 valence electrons. The third kappa shape index (κ3) is 8.51. The van der Waals surface area contributed by atoms with Crippen molar-refractivity contribution in [2.24, 2.45) is 0 Å². The van der Waals surface area contributed by atoms with Gasteiger partial charge < -0.3 is 20.1 Å². The highest BCUT2D eigenvalue weighted by atomic mass is 127. The highest BCUT2D eigenvalue weighted by Gasteiger charge is 2.45. The van der Waals surface area contributed by atoms with Gasteiger partial charge in [-0.1, -0.05) is 77.2 Å². The van der Waals surface area contributed by atoms with Crippen LogP contribution in [0.2, 0.25) is 0 Å². The highest BCUT2D eigenvalue weighted by molar-refractivity contribution is 14.1. The van der Waals surface area contributed by atoms with Crippen molar-refractivity contribution in [1.29, 1.82) is 0 Å². The van der Waals surface area contributed by atoms with Gasteiger partial charge >= 0.3 is 24.9 Å². The first-order valence-electron chi connectivity index (χ1n) is 12.8. The molecule has 3 aromatic carbocycles. The van der Waals surface area contributed by atoms with Crippen molar-refractivity contribution in [2.75, 3.05) is 5.32 Å². The zero-order valence-corrected chi connectivity index (χ0v) is 24.6. The molecule has 0 aliphatic heterocycles. The monoisotopic (exact) mass is 733 g/mol. The van der Waals surface area contributed by atoms with Gasteiger partial charge in [0, 0.05) is 28.8 Å². The molecule has 0 unspecified atom stereocenters. The number of aromatic nitrogens is 1. The first kappa shape index (κ1) is 32.8. The zero-order chi connectivity index (χ0) is 32.0. The van der Waals surface area contributed by atoms with E-state index < -0.39 is 42.0 Å². The van der Waals surface area contributed by atoms with Gasteiger partial charge in [0.25, 0.3) is 0 Å². The minimum absolute atomic E-state index is 0.0102. The zero-order valence-electron chi connectivity index (χ0n) is 22.4. The van der Waals surface area contributed by atoms with Crippen LogP contribution in [0, 0.1) is 0 Å². The van der Waals surface area contributed by atoms with Crippen LogP contribution in [0.1, 0.15) is 22.4 Å². The quantitative estimate of drug-likeness (QED) is 0.0923. The van der Waals surface area contributed by atoms with Crippen LogP contribution in [-0.4, -0.2) is 29.9 Å². The van der Waals surface area contributed by atoms with Crippen LogP contribution < -0.4 is 20.1 Å². The molecule has 6 nitrogen and oxygen atoms in total. The van der Waals surface area contributed by atoms with Crippen LogP contribution in [0.15, 0.2) is 97.2 Å². The molecule has 1 atom stereocenters. The fraction of sp³-hybridized carbons (Fsp3) is 0.200. The summed E-state index contributed by atoms with van der Waals surface area (Å²) in [5.74, 6) is -1.18. The van der Waals surface area contributed by atoms with E-state index in [0.717, 1.165) is 29.8 Å². The lowest BCUT2D eigenvalue weighted by Crippen LogP contribution is -2.50. The Bertz CT molecular complexity index is 1560. The number of ether oxygens (including phenoxy) is 2. The summed E-state index contributed by atoms with van der Waals surface area (Å²) in [5, 5.41) is 5.27. The maximum atomic E-state index is 13.9. The van der Waals surface area contributed by atoms with Crippen LogP contribution >= 0.6 is 22.6 Å². The molecule has 4 aromatic rings. The highest BCUT2D eigenvalue weighted by Crippen LogP contribution is 2.37. The number of hydrogen-bond acceptors (Lipinski definition) is 4. The summed E-state index contributed by atoms with van der Waals surface area (Å²) in [4.78, 5) is 18.1. The molecule has 14 heteroatoms. The number of alkyl halides is 8. The van der Waals surface area contributed by atoms with Crippen LogP contribution in [0.5, 0.6) is 11.5 Å². The average molecular weight is 733 g/mol. The third-order valence-electron chi connectivity index (χ3n) is 6.22. The molecule has 2 N–H and O–H groups in total. The van der Waals surface area contributed by atoms with E-state index in [1.807, 2.05) is 0 Å². The molecular weight excluding hydrogens is 710 g/mol. The van der Waals surface area contributed by atoms with Crippen LogP contribution in [0.25, 0.3) is 0 Å². The second-order valence-corrected chi connectivity index (χ2v) is 10.2. The average Bonchev–Trinajstić information content (AvgIpc) is 2.96. The van der Waals surface area contributed by atoms with E-state index in [0.29, 0.717) is 9.99 Å². The van der Waals surface area contributed by atoms with Gasteiger partial charge in [-0.25, -0.2) is 4.79 Å². The van der Waals surface area contributed by atoms with E-state index >= 15 is 0 Å². The van der Waals surface area contributed by atoms with Gasteiger partial charge in [0.05, 0.1) is 5.69 Å². The van der Waals surface area contributed by atoms with E-state index in [4.69, 9.17) is 0 Å². The van der Waals surface area contributed by atoms with Gasteiger partial charge in [0.2, 0.25) is 0 Å². The fourth-order valence-corrected chi connectivity index (χ4v) is 4.78. The number of nitrogens with zero attached hydrogens (tertiary/aromatic N) is 1. The number of urea groups is 1. The van der Waals surface area contributed by atoms with E-state index in [-0.39, 0.29) is 23.4 Å². The van der Waals surface area contributed by atoms with Crippen LogP contribution in [0.3, 0.4) is 0 Å². The first-order valence-corrected chi connectivity index (χ1v) is 14.3. The molecule has 1 aromatic heterocycles. The van der Waals surface area contributed by atoms with Crippen molar-refractivity contribution >= 4 is 34.3 Å². The Kier molecular flexibility index (Phi) is 10.2. The van der Waals surface area contributed by atoms with E-state index in [1.54, 1.807) is 48.7 Å². The number of hydrogen-bond donors (Lipinski definition) is 2. The molecule has 1 heterocycles. The predicted octanol–water partition coefficient (Wildman–Crippen LogP) is 8.46. The first-order chi connectivity index (χ1) is 20.8. The van der Waals surface area contributed by atoms with Crippen molar-refractivity contribution in [3.05, 3.63) is 120 Å². The molecule has 4 rings (SSSR count). The van der Waals surface area contributed by atoms with Crippen LogP contribution in [0.4, 0.5) is 41.2 Å². The molecule has 0 saturated carbocycles. The number of rotatable bonds is 11. The Labute approximate surface area is 260 Å². The standard InChI is InChI=1S/C30H23F7IN3O3/c31-26(32)29(33,34)43-23-10-4-8-21(14-23)28(16-19-6-2-1-3-7-19,25-13-12-20(17-38)18-39-25)41-27(42)40-22-9-5-11-24(15-22)44-30(35,36)37/h1-15,18,26H,16-17H2,(H2,40,41,42)/t28-/m1/s1. The molecular formula is C30H23F7IN3O3. The SMILES string of the molecule is O=C(Nc1cccc(OC(F)(F)F)c1)N[C@](Cc1ccccc1)(c1cccc(OC(F)(F)C(F)F)c1)c1ccc(CI)cn1. The fourth-order valence-electron chi connectivity index (χ4n) is 4.33. The molecule has 0 radical (unpaired) electrons. The number of amides is 2. The summed E-state index contributed by atoms with van der Waals surface area (Å²) in [6, 6.07) is 20.7. The second-order valence-electron chi connectivity index (χ2n) is 9.40. The summed E-state index contributed by atoms with van der Waals surface area (Å²) in [6.45, 7) is 0. The number of carbonyl (C=O) groups excluding carboxylic acids is 1. The number of carbonyl (C=O) groups is 1. The van der Waals surface area contributed by atoms with Gasteiger partial charge in [0.15, 0.2) is 0 Å². The molecule has 0 bridgehead atoms. The van der Waals surface area contributed by atoms with Crippen molar-refractivity contribution in [1.82, 2.24) is 10.3 Å². The Morgan fingerprint density at radius 1 is 0.818 bits per heavy atom. The Hall–Kier alpha value is -4.08. The van der Waals surface area contributed by atoms with Gasteiger partial charge in [-0.2, -0.15) is 17.6 Å². The Morgan fingerprint density at radius 3 is 2.11 bits per heavy atom. The lowest BCUT2D eigenvalue weighted by atomic mass is 9.80. The molecule has 44 heavy (non-hydrogen) atoms. The summed E-state index contributed by atoms with van der Waals surface area (Å²) in [6.07, 6.45) is -12.3. The molecule has 0 aliphatic carbocycles. The van der Waals surface area contributed by atoms with Gasteiger partial charge in [0.1, 0.15) is 17.0 Å². The largest absolute Gasteiger partial charge is 0.573 e. The second kappa shape index (κ2) is 13.7. The minimum Gasteiger partial charge on any atom is -0.428 e. The van der Waals surface area contributed by atoms with Gasteiger partial charge in [-0.05, 0) is 47.0 Å². The summed E-state index contributed by atoms with van der Waals surface area (Å²) in [5.41, 5.74) is 0.203. The van der Waals surface area contributed by atoms with E-state index in [2.05, 4.69) is 47.7 Å². The number of halogens is 8. The molecule has 0 saturated heterocycles. The van der Waals surface area contributed by atoms with Crippen LogP contribution in [-0.2, 0) is 16.4 Å². The predicted molar refractivity (Wildman–Crippen MR) is 156 cm³/mol. The Balaban J connectivity index is 1.81. The van der Waals surface area contributed by atoms with Crippen molar-refractivity contribution in [2.45, 2.75) is 35.3 Å². The lowest BCUT2D eigenvalue weighted by molar-refractivity contribution is -0.274. The number of benzene rings is 3. The summed E-state index contributed by atoms with van der Waals surface area (Å²) >= 11 is 2.13. The van der Waals surface area contributed by atoms with E-state index in [1.165, 1.54) is 24.3 Å². The number of pyridine rings is 1. The number of nitrogens with one attached hydrogen (secondary N) is 2. The third-order valence-corrected chi connectivity index (χ3v) is 7.10. The summed E-state index contributed by atoms with van der Waals surface area (Å²) < 4.78 is 101. The molecule has 2 amide bonds. The summed E-state index contributed by atoms with van der Waals surface area (Å²) in [7, 11) is 0. The molecule has 0 spiro atoms. The molecule has 0 aliphatic rings. The smallest absolute Gasteiger partial charge is 0.428 e. The van der Waals surface area contributed by atoms with E-state index in [9.17, 15) is 35.5 Å². The van der Waals surface area contributed by atoms with Gasteiger partial charge in [-0.3, -0.25) is 4.98 Å². The minimum atomic E-state index is -4.96. The maximum absolute atomic E-state index is 13.9. The Morgan fingerprint density at radius 2 is 1.50 bits per heavy atom. The van der Waals surface area contributed by atoms with Crippen molar-refractivity contribution in [3.8, 4) is 11.5 Å². The lowest BCUT2D eigenvalue weighted by Gasteiger charge is -2.36. The molecule has 0 fully saturated rings. The topological polar surface area (TPSA) is 72.5 Å². The number of anilines is 1. The normalized spacial score (nSPS) is 13.2.